The largest absolute Gasteiger partial charge is 0.489 e. The minimum Gasteiger partial charge on any atom is -0.489 e. The molecule has 28 heavy (non-hydrogen) atoms. The molecule has 0 aliphatic heterocycles. The van der Waals surface area contributed by atoms with E-state index in [2.05, 4.69) is 37.7 Å². The molecule has 0 bridgehead atoms. The number of ether oxygens (including phenoxy) is 1. The number of aliphatic hydroxyl groups is 1. The highest BCUT2D eigenvalue weighted by Gasteiger charge is 2.07. The van der Waals surface area contributed by atoms with Gasteiger partial charge in [0.1, 0.15) is 18.2 Å². The van der Waals surface area contributed by atoms with Crippen LogP contribution in [0.3, 0.4) is 0 Å². The molecule has 0 unspecified atom stereocenters. The average Bonchev–Trinajstić information content (AvgIpc) is 3.07. The number of rotatable bonds is 7. The summed E-state index contributed by atoms with van der Waals surface area (Å²) in [6, 6.07) is 17.5. The van der Waals surface area contributed by atoms with Gasteiger partial charge in [-0.25, -0.2) is 4.98 Å². The Bertz CT molecular complexity index is 1090. The number of benzene rings is 2. The number of fused-ring (bicyclic) bond motifs is 1. The van der Waals surface area contributed by atoms with Crippen LogP contribution in [0.4, 0.5) is 23.1 Å². The summed E-state index contributed by atoms with van der Waals surface area (Å²) >= 11 is 0. The molecule has 4 aromatic rings. The van der Waals surface area contributed by atoms with E-state index >= 15 is 0 Å². The molecule has 0 amide bonds. The second-order valence-corrected chi connectivity index (χ2v) is 6.34. The topological polar surface area (TPSA) is 95.1 Å². The SMILES string of the molecule is Cc1cc2cc(Nc3ccnc(Nc4ccccc4OCCO)n3)ccc2[nH]1. The maximum Gasteiger partial charge on any atom is 0.229 e. The van der Waals surface area contributed by atoms with Crippen LogP contribution in [0.1, 0.15) is 5.69 Å². The van der Waals surface area contributed by atoms with Crippen molar-refractivity contribution >= 4 is 34.0 Å². The molecule has 0 saturated heterocycles. The summed E-state index contributed by atoms with van der Waals surface area (Å²) in [6.07, 6.45) is 1.69. The van der Waals surface area contributed by atoms with Gasteiger partial charge in [-0.05, 0) is 49.4 Å². The fourth-order valence-electron chi connectivity index (χ4n) is 2.96. The van der Waals surface area contributed by atoms with Crippen molar-refractivity contribution in [3.05, 3.63) is 66.5 Å². The Kier molecular flexibility index (Phi) is 5.07. The van der Waals surface area contributed by atoms with Gasteiger partial charge in [0, 0.05) is 28.5 Å². The van der Waals surface area contributed by atoms with Crippen molar-refractivity contribution in [3.8, 4) is 5.75 Å². The number of nitrogens with one attached hydrogen (secondary N) is 3. The zero-order valence-electron chi connectivity index (χ0n) is 15.4. The van der Waals surface area contributed by atoms with E-state index in [9.17, 15) is 0 Å². The van der Waals surface area contributed by atoms with Crippen LogP contribution in [-0.4, -0.2) is 33.3 Å². The van der Waals surface area contributed by atoms with Gasteiger partial charge < -0.3 is 25.5 Å². The van der Waals surface area contributed by atoms with Crippen molar-refractivity contribution in [2.75, 3.05) is 23.8 Å². The molecule has 0 saturated carbocycles. The lowest BCUT2D eigenvalue weighted by Crippen LogP contribution is -2.05. The Labute approximate surface area is 162 Å². The smallest absolute Gasteiger partial charge is 0.229 e. The minimum atomic E-state index is -0.0464. The zero-order valence-corrected chi connectivity index (χ0v) is 15.4. The van der Waals surface area contributed by atoms with Crippen molar-refractivity contribution in [2.45, 2.75) is 6.92 Å². The third-order valence-corrected chi connectivity index (χ3v) is 4.17. The summed E-state index contributed by atoms with van der Waals surface area (Å²) in [5, 5.41) is 16.6. The molecule has 0 spiro atoms. The molecule has 0 fully saturated rings. The number of anilines is 4. The van der Waals surface area contributed by atoms with E-state index in [0.717, 1.165) is 28.0 Å². The van der Waals surface area contributed by atoms with Gasteiger partial charge in [-0.1, -0.05) is 12.1 Å². The first-order chi connectivity index (χ1) is 13.7. The van der Waals surface area contributed by atoms with Gasteiger partial charge in [-0.15, -0.1) is 0 Å². The Balaban J connectivity index is 1.53. The number of aromatic amines is 1. The van der Waals surface area contributed by atoms with E-state index in [1.54, 1.807) is 6.20 Å². The lowest BCUT2D eigenvalue weighted by atomic mass is 10.2. The first kappa shape index (κ1) is 17.8. The van der Waals surface area contributed by atoms with Crippen LogP contribution in [0.15, 0.2) is 60.8 Å². The molecule has 0 aliphatic rings. The molecular formula is C21H21N5O2. The van der Waals surface area contributed by atoms with E-state index in [-0.39, 0.29) is 13.2 Å². The molecule has 4 N–H and O–H groups in total. The van der Waals surface area contributed by atoms with Gasteiger partial charge >= 0.3 is 0 Å². The third kappa shape index (κ3) is 4.05. The number of aliphatic hydroxyl groups excluding tert-OH is 1. The summed E-state index contributed by atoms with van der Waals surface area (Å²) in [5.74, 6) is 1.76. The third-order valence-electron chi connectivity index (χ3n) is 4.17. The fraction of sp³-hybridized carbons (Fsp3) is 0.143. The Morgan fingerprint density at radius 3 is 2.86 bits per heavy atom. The fourth-order valence-corrected chi connectivity index (χ4v) is 2.96. The molecule has 142 valence electrons. The Morgan fingerprint density at radius 1 is 1.07 bits per heavy atom. The van der Waals surface area contributed by atoms with Crippen molar-refractivity contribution in [2.24, 2.45) is 0 Å². The predicted octanol–water partition coefficient (Wildman–Crippen LogP) is 4.12. The highest BCUT2D eigenvalue weighted by Crippen LogP contribution is 2.27. The summed E-state index contributed by atoms with van der Waals surface area (Å²) in [5.41, 5.74) is 3.91. The van der Waals surface area contributed by atoms with E-state index in [1.807, 2.05) is 49.4 Å². The number of hydrogen-bond acceptors (Lipinski definition) is 6. The van der Waals surface area contributed by atoms with Crippen molar-refractivity contribution < 1.29 is 9.84 Å². The Morgan fingerprint density at radius 2 is 1.96 bits per heavy atom. The second kappa shape index (κ2) is 7.98. The van der Waals surface area contributed by atoms with Gasteiger partial charge in [-0.3, -0.25) is 0 Å². The highest BCUT2D eigenvalue weighted by atomic mass is 16.5. The van der Waals surface area contributed by atoms with Crippen LogP contribution >= 0.6 is 0 Å². The Hall–Kier alpha value is -3.58. The predicted molar refractivity (Wildman–Crippen MR) is 111 cm³/mol. The molecule has 2 aromatic carbocycles. The monoisotopic (exact) mass is 375 g/mol. The number of nitrogens with zero attached hydrogens (tertiary/aromatic N) is 2. The van der Waals surface area contributed by atoms with Crippen LogP contribution in [0, 0.1) is 6.92 Å². The van der Waals surface area contributed by atoms with E-state index in [4.69, 9.17) is 9.84 Å². The lowest BCUT2D eigenvalue weighted by molar-refractivity contribution is 0.202. The molecule has 4 rings (SSSR count). The zero-order chi connectivity index (χ0) is 19.3. The molecule has 0 atom stereocenters. The van der Waals surface area contributed by atoms with E-state index in [0.29, 0.717) is 17.5 Å². The summed E-state index contributed by atoms with van der Waals surface area (Å²) in [6.45, 7) is 2.22. The van der Waals surface area contributed by atoms with E-state index < -0.39 is 0 Å². The number of hydrogen-bond donors (Lipinski definition) is 4. The molecular weight excluding hydrogens is 354 g/mol. The van der Waals surface area contributed by atoms with Crippen LogP contribution in [0.2, 0.25) is 0 Å². The minimum absolute atomic E-state index is 0.0464. The number of H-pyrrole nitrogens is 1. The quantitative estimate of drug-likeness (QED) is 0.388. The van der Waals surface area contributed by atoms with Gasteiger partial charge in [0.2, 0.25) is 5.95 Å². The molecule has 0 radical (unpaired) electrons. The summed E-state index contributed by atoms with van der Waals surface area (Å²) in [7, 11) is 0. The molecule has 7 heteroatoms. The van der Waals surface area contributed by atoms with Crippen molar-refractivity contribution in [1.82, 2.24) is 15.0 Å². The highest BCUT2D eigenvalue weighted by molar-refractivity contribution is 5.84. The van der Waals surface area contributed by atoms with Gasteiger partial charge in [0.05, 0.1) is 12.3 Å². The standard InChI is InChI=1S/C21H21N5O2/c1-14-12-15-13-16(6-7-17(15)23-14)24-20-8-9-22-21(26-20)25-18-4-2-3-5-19(18)28-11-10-27/h2-9,12-13,23,27H,10-11H2,1H3,(H2,22,24,25,26). The summed E-state index contributed by atoms with van der Waals surface area (Å²) < 4.78 is 5.54. The number of para-hydroxylation sites is 2. The molecule has 2 heterocycles. The number of aromatic nitrogens is 3. The first-order valence-corrected chi connectivity index (χ1v) is 9.00. The maximum absolute atomic E-state index is 8.97. The molecule has 2 aromatic heterocycles. The van der Waals surface area contributed by atoms with Crippen LogP contribution in [0.5, 0.6) is 5.75 Å². The molecule has 0 aliphatic carbocycles. The van der Waals surface area contributed by atoms with Crippen LogP contribution in [-0.2, 0) is 0 Å². The molecule has 7 nitrogen and oxygen atoms in total. The van der Waals surface area contributed by atoms with Gasteiger partial charge in [0.15, 0.2) is 0 Å². The number of aryl methyl sites for hydroxylation is 1. The van der Waals surface area contributed by atoms with Crippen LogP contribution in [0.25, 0.3) is 10.9 Å². The maximum atomic E-state index is 8.97. The van der Waals surface area contributed by atoms with Crippen molar-refractivity contribution in [1.29, 1.82) is 0 Å². The lowest BCUT2D eigenvalue weighted by Gasteiger charge is -2.12. The normalized spacial score (nSPS) is 10.8. The average molecular weight is 375 g/mol. The van der Waals surface area contributed by atoms with Gasteiger partial charge in [0.25, 0.3) is 0 Å². The van der Waals surface area contributed by atoms with Crippen molar-refractivity contribution in [3.63, 3.8) is 0 Å². The second-order valence-electron chi connectivity index (χ2n) is 6.34. The summed E-state index contributed by atoms with van der Waals surface area (Å²) in [4.78, 5) is 12.1. The van der Waals surface area contributed by atoms with Crippen LogP contribution < -0.4 is 15.4 Å². The van der Waals surface area contributed by atoms with E-state index in [1.165, 1.54) is 0 Å². The van der Waals surface area contributed by atoms with Gasteiger partial charge in [-0.2, -0.15) is 4.98 Å². The first-order valence-electron chi connectivity index (χ1n) is 9.00.